The largest absolute Gasteiger partial charge is 0.0616 e. The van der Waals surface area contributed by atoms with Gasteiger partial charge in [0.25, 0.3) is 0 Å². The van der Waals surface area contributed by atoms with Crippen LogP contribution in [0.2, 0.25) is 0 Å². The molecule has 0 aliphatic carbocycles. The van der Waals surface area contributed by atoms with Crippen LogP contribution in [0.1, 0.15) is 105 Å². The fourth-order valence-electron chi connectivity index (χ4n) is 7.76. The lowest BCUT2D eigenvalue weighted by atomic mass is 9.75. The van der Waals surface area contributed by atoms with Gasteiger partial charge in [0.2, 0.25) is 0 Å². The second kappa shape index (κ2) is 13.4. The molecule has 0 aliphatic heterocycles. The zero-order valence-electron chi connectivity index (χ0n) is 32.4. The zero-order valence-corrected chi connectivity index (χ0v) is 34.4. The van der Waals surface area contributed by atoms with Gasteiger partial charge < -0.3 is 0 Å². The topological polar surface area (TPSA) is 0 Å². The molecule has 0 N–H and O–H groups in total. The first-order chi connectivity index (χ1) is 23.4. The molecule has 2 atom stereocenters. The molecule has 0 heterocycles. The van der Waals surface area contributed by atoms with E-state index in [0.29, 0.717) is 17.2 Å². The van der Waals surface area contributed by atoms with Gasteiger partial charge in [-0.2, -0.15) is 0 Å². The minimum Gasteiger partial charge on any atom is -0.0616 e. The summed E-state index contributed by atoms with van der Waals surface area (Å²) in [4.78, 5) is 0. The van der Waals surface area contributed by atoms with Crippen LogP contribution in [0.25, 0.3) is 32.7 Å². The Morgan fingerprint density at radius 2 is 0.680 bits per heavy atom. The van der Waals surface area contributed by atoms with E-state index < -0.39 is 0 Å². The van der Waals surface area contributed by atoms with E-state index in [4.69, 9.17) is 0 Å². The molecular weight excluding hydrogens is 638 g/mol. The molecule has 2 heteroatoms. The van der Waals surface area contributed by atoms with Crippen LogP contribution >= 0.6 is 17.2 Å². The second-order valence-corrected chi connectivity index (χ2v) is 20.8. The van der Waals surface area contributed by atoms with Crippen LogP contribution in [0.15, 0.2) is 109 Å². The Labute approximate surface area is 306 Å². The molecule has 6 aromatic rings. The van der Waals surface area contributed by atoms with Crippen molar-refractivity contribution < 1.29 is 0 Å². The van der Waals surface area contributed by atoms with Gasteiger partial charge in [0.05, 0.1) is 0 Å². The van der Waals surface area contributed by atoms with E-state index in [9.17, 15) is 0 Å². The molecule has 6 aromatic carbocycles. The third-order valence-electron chi connectivity index (χ3n) is 9.89. The Kier molecular flexibility index (Phi) is 9.74. The van der Waals surface area contributed by atoms with Crippen LogP contribution in [0.4, 0.5) is 0 Å². The molecule has 2 unspecified atom stereocenters. The van der Waals surface area contributed by atoms with Crippen molar-refractivity contribution in [1.82, 2.24) is 0 Å². The lowest BCUT2D eigenvalue weighted by Gasteiger charge is -2.33. The lowest BCUT2D eigenvalue weighted by molar-refractivity contribution is 0.533. The summed E-state index contributed by atoms with van der Waals surface area (Å²) in [6.07, 6.45) is 0. The fourth-order valence-corrected chi connectivity index (χ4v) is 11.1. The highest BCUT2D eigenvalue weighted by Crippen LogP contribution is 2.41. The van der Waals surface area contributed by atoms with Crippen molar-refractivity contribution in [3.8, 4) is 11.1 Å². The Hall–Kier alpha value is -3.30. The van der Waals surface area contributed by atoms with Gasteiger partial charge in [-0.15, -0.1) is 0 Å². The van der Waals surface area contributed by atoms with Crippen molar-refractivity contribution in [2.24, 2.45) is 0 Å². The van der Waals surface area contributed by atoms with Crippen molar-refractivity contribution in [1.29, 1.82) is 0 Å². The van der Waals surface area contributed by atoms with Crippen LogP contribution in [-0.4, -0.2) is 0 Å². The smallest absolute Gasteiger partial charge is 0.00150 e. The highest BCUT2D eigenvalue weighted by atomic mass is 31.1. The van der Waals surface area contributed by atoms with E-state index in [0.717, 1.165) is 0 Å². The standard InChI is InChI=1S/C48H56P2/c1-45(2,3)35-23-17-25-39(43(35)47(7,8)9)49-37-29-27-31-19-13-15-21-33(31)41(37)42-34-22-16-14-20-32(34)28-30-38(42)50-40-26-18-24-36(46(4,5)6)44(40)48(10,11)12/h13-30,49-50H,1-12H3. The maximum absolute atomic E-state index is 2.43. The molecule has 0 radical (unpaired) electrons. The van der Waals surface area contributed by atoms with Crippen molar-refractivity contribution in [3.05, 3.63) is 131 Å². The third-order valence-corrected chi connectivity index (χ3v) is 12.6. The average molecular weight is 695 g/mol. The molecule has 258 valence electrons. The van der Waals surface area contributed by atoms with Crippen molar-refractivity contribution in [2.45, 2.75) is 105 Å². The normalized spacial score (nSPS) is 13.4. The molecule has 0 saturated heterocycles. The van der Waals surface area contributed by atoms with E-state index in [1.54, 1.807) is 0 Å². The maximum atomic E-state index is 2.43. The highest BCUT2D eigenvalue weighted by Gasteiger charge is 2.30. The van der Waals surface area contributed by atoms with E-state index in [1.807, 2.05) is 0 Å². The summed E-state index contributed by atoms with van der Waals surface area (Å²) < 4.78 is 0. The Morgan fingerprint density at radius 3 is 1.02 bits per heavy atom. The minimum atomic E-state index is 0.0244. The molecule has 0 spiro atoms. The first-order valence-electron chi connectivity index (χ1n) is 18.2. The van der Waals surface area contributed by atoms with Crippen LogP contribution < -0.4 is 21.2 Å². The minimum absolute atomic E-state index is 0.0244. The molecule has 0 amide bonds. The number of hydrogen-bond donors (Lipinski definition) is 0. The Balaban J connectivity index is 1.67. The molecule has 0 fully saturated rings. The fraction of sp³-hybridized carbons (Fsp3) is 0.333. The summed E-state index contributed by atoms with van der Waals surface area (Å²) in [5.74, 6) is 0. The van der Waals surface area contributed by atoms with Crippen LogP contribution in [0.3, 0.4) is 0 Å². The molecule has 0 aliphatic rings. The number of hydrogen-bond acceptors (Lipinski definition) is 0. The molecule has 50 heavy (non-hydrogen) atoms. The van der Waals surface area contributed by atoms with Gasteiger partial charge in [0.15, 0.2) is 0 Å². The highest BCUT2D eigenvalue weighted by molar-refractivity contribution is 7.57. The average Bonchev–Trinajstić information content (AvgIpc) is 3.03. The van der Waals surface area contributed by atoms with Crippen LogP contribution in [-0.2, 0) is 21.7 Å². The SMILES string of the molecule is CC(C)(C)c1cccc(Pc2ccc3ccccc3c2-c2c(Pc3cccc(C(C)(C)C)c3C(C)(C)C)ccc3ccccc23)c1C(C)(C)C. The predicted molar refractivity (Wildman–Crippen MR) is 230 cm³/mol. The van der Waals surface area contributed by atoms with Gasteiger partial charge in [-0.25, -0.2) is 0 Å². The van der Waals surface area contributed by atoms with Gasteiger partial charge >= 0.3 is 0 Å². The second-order valence-electron chi connectivity index (χ2n) is 18.1. The van der Waals surface area contributed by atoms with Gasteiger partial charge in [0.1, 0.15) is 0 Å². The Bertz CT molecular complexity index is 2030. The molecule has 6 rings (SSSR count). The van der Waals surface area contributed by atoms with E-state index in [1.165, 1.54) is 76.1 Å². The van der Waals surface area contributed by atoms with E-state index >= 15 is 0 Å². The summed E-state index contributed by atoms with van der Waals surface area (Å²) >= 11 is 0. The van der Waals surface area contributed by atoms with Gasteiger partial charge in [0, 0.05) is 0 Å². The number of rotatable bonds is 5. The molecule has 0 bridgehead atoms. The summed E-state index contributed by atoms with van der Waals surface area (Å²) in [5.41, 5.74) is 8.87. The number of fused-ring (bicyclic) bond motifs is 2. The lowest BCUT2D eigenvalue weighted by Crippen LogP contribution is -2.29. The first kappa shape index (κ1) is 36.5. The molecule has 0 saturated carbocycles. The Morgan fingerprint density at radius 1 is 0.320 bits per heavy atom. The predicted octanol–water partition coefficient (Wildman–Crippen LogP) is 12.1. The van der Waals surface area contributed by atoms with Crippen molar-refractivity contribution in [2.75, 3.05) is 0 Å². The van der Waals surface area contributed by atoms with Crippen LogP contribution in [0, 0.1) is 0 Å². The van der Waals surface area contributed by atoms with Crippen molar-refractivity contribution in [3.63, 3.8) is 0 Å². The van der Waals surface area contributed by atoms with Gasteiger partial charge in [-0.1, -0.05) is 209 Å². The summed E-state index contributed by atoms with van der Waals surface area (Å²) in [5, 5.41) is 11.0. The first-order valence-corrected chi connectivity index (χ1v) is 20.2. The summed E-state index contributed by atoms with van der Waals surface area (Å²) in [7, 11) is 1.06. The molecule has 0 aromatic heterocycles. The van der Waals surface area contributed by atoms with E-state index in [2.05, 4.69) is 192 Å². The maximum Gasteiger partial charge on any atom is -0.00150 e. The zero-order chi connectivity index (χ0) is 36.2. The van der Waals surface area contributed by atoms with Gasteiger partial charge in [-0.3, -0.25) is 0 Å². The van der Waals surface area contributed by atoms with E-state index in [-0.39, 0.29) is 21.7 Å². The summed E-state index contributed by atoms with van der Waals surface area (Å²) in [6, 6.07) is 41.7. The monoisotopic (exact) mass is 694 g/mol. The molecule has 0 nitrogen and oxygen atoms in total. The number of benzene rings is 6. The quantitative estimate of drug-likeness (QED) is 0.158. The van der Waals surface area contributed by atoms with Crippen LogP contribution in [0.5, 0.6) is 0 Å². The van der Waals surface area contributed by atoms with Gasteiger partial charge in [-0.05, 0) is 97.8 Å². The van der Waals surface area contributed by atoms with Crippen molar-refractivity contribution >= 4 is 59.9 Å². The third kappa shape index (κ3) is 7.22. The summed E-state index contributed by atoms with van der Waals surface area (Å²) in [6.45, 7) is 28.4. The molecular formula is C48H56P2.